The summed E-state index contributed by atoms with van der Waals surface area (Å²) in [5.74, 6) is 1.15. The summed E-state index contributed by atoms with van der Waals surface area (Å²) in [6.07, 6.45) is 4.89. The monoisotopic (exact) mass is 241 g/mol. The number of nitrogens with two attached hydrogens (primary N) is 3. The number of hydrogen-bond acceptors (Lipinski definition) is 3. The van der Waals surface area contributed by atoms with Crippen LogP contribution < -0.4 is 17.2 Å². The zero-order valence-corrected chi connectivity index (χ0v) is 11.8. The van der Waals surface area contributed by atoms with Crippen LogP contribution in [0.5, 0.6) is 0 Å². The molecule has 1 fully saturated rings. The van der Waals surface area contributed by atoms with Gasteiger partial charge >= 0.3 is 0 Å². The van der Waals surface area contributed by atoms with Gasteiger partial charge in [-0.3, -0.25) is 0 Å². The Morgan fingerprint density at radius 3 is 2.12 bits per heavy atom. The maximum Gasteiger partial charge on any atom is -0.00341 e. The zero-order chi connectivity index (χ0) is 13.1. The quantitative estimate of drug-likeness (QED) is 0.685. The van der Waals surface area contributed by atoms with Gasteiger partial charge in [-0.15, -0.1) is 0 Å². The van der Waals surface area contributed by atoms with Crippen LogP contribution >= 0.6 is 0 Å². The Morgan fingerprint density at radius 2 is 1.65 bits per heavy atom. The molecule has 1 saturated carbocycles. The van der Waals surface area contributed by atoms with E-state index in [-0.39, 0.29) is 0 Å². The standard InChI is InChI=1S/C14H31N3/c1-13(2)6-11(12(8-16)9-17)7-14(3,10-13)4-5-15/h11-12H,4-10,15-17H2,1-3H3. The molecule has 6 N–H and O–H groups in total. The van der Waals surface area contributed by atoms with E-state index in [1.165, 1.54) is 19.3 Å². The van der Waals surface area contributed by atoms with Gasteiger partial charge in [0.25, 0.3) is 0 Å². The van der Waals surface area contributed by atoms with Gasteiger partial charge in [0.1, 0.15) is 0 Å². The lowest BCUT2D eigenvalue weighted by Crippen LogP contribution is -2.42. The second-order valence-corrected chi connectivity index (χ2v) is 7.09. The third kappa shape index (κ3) is 3.94. The first-order valence-electron chi connectivity index (χ1n) is 6.96. The van der Waals surface area contributed by atoms with Gasteiger partial charge in [-0.25, -0.2) is 0 Å². The minimum atomic E-state index is 0.379. The molecular weight excluding hydrogens is 210 g/mol. The van der Waals surface area contributed by atoms with Gasteiger partial charge in [-0.2, -0.15) is 0 Å². The summed E-state index contributed by atoms with van der Waals surface area (Å²) < 4.78 is 0. The van der Waals surface area contributed by atoms with Crippen LogP contribution in [0.4, 0.5) is 0 Å². The molecule has 0 aromatic heterocycles. The van der Waals surface area contributed by atoms with E-state index >= 15 is 0 Å². The molecule has 0 heterocycles. The van der Waals surface area contributed by atoms with Crippen molar-refractivity contribution in [2.24, 2.45) is 39.9 Å². The fourth-order valence-electron chi connectivity index (χ4n) is 4.07. The number of hydrogen-bond donors (Lipinski definition) is 3. The van der Waals surface area contributed by atoms with Crippen LogP contribution in [0.3, 0.4) is 0 Å². The summed E-state index contributed by atoms with van der Waals surface area (Å²) in [5, 5.41) is 0. The van der Waals surface area contributed by atoms with Crippen LogP contribution in [-0.4, -0.2) is 19.6 Å². The maximum atomic E-state index is 5.86. The van der Waals surface area contributed by atoms with Crippen LogP contribution in [0.1, 0.15) is 46.5 Å². The van der Waals surface area contributed by atoms with E-state index in [1.54, 1.807) is 0 Å². The van der Waals surface area contributed by atoms with E-state index in [0.29, 0.717) is 22.7 Å². The Labute approximate surface area is 106 Å². The lowest BCUT2D eigenvalue weighted by atomic mass is 9.57. The van der Waals surface area contributed by atoms with Crippen molar-refractivity contribution in [2.75, 3.05) is 19.6 Å². The van der Waals surface area contributed by atoms with Gasteiger partial charge in [0, 0.05) is 0 Å². The average Bonchev–Trinajstić information content (AvgIpc) is 2.16. The summed E-state index contributed by atoms with van der Waals surface area (Å²) >= 11 is 0. The summed E-state index contributed by atoms with van der Waals surface area (Å²) in [6.45, 7) is 9.36. The molecule has 0 aromatic rings. The molecule has 0 amide bonds. The molecular formula is C14H31N3. The third-order valence-electron chi connectivity index (χ3n) is 4.50. The summed E-state index contributed by atoms with van der Waals surface area (Å²) in [4.78, 5) is 0. The topological polar surface area (TPSA) is 78.1 Å². The summed E-state index contributed by atoms with van der Waals surface area (Å²) in [6, 6.07) is 0. The molecule has 0 saturated heterocycles. The molecule has 2 unspecified atom stereocenters. The number of rotatable bonds is 5. The van der Waals surface area contributed by atoms with Crippen molar-refractivity contribution >= 4 is 0 Å². The van der Waals surface area contributed by atoms with E-state index in [4.69, 9.17) is 17.2 Å². The predicted octanol–water partition coefficient (Wildman–Crippen LogP) is 1.70. The SMILES string of the molecule is CC1(C)CC(C(CN)CN)CC(C)(CCN)C1. The van der Waals surface area contributed by atoms with Gasteiger partial charge in [-0.1, -0.05) is 20.8 Å². The fraction of sp³-hybridized carbons (Fsp3) is 1.00. The largest absolute Gasteiger partial charge is 0.330 e. The molecule has 0 radical (unpaired) electrons. The Kier molecular flexibility index (Phi) is 4.99. The minimum absolute atomic E-state index is 0.379. The first-order chi connectivity index (χ1) is 7.86. The molecule has 17 heavy (non-hydrogen) atoms. The fourth-order valence-corrected chi connectivity index (χ4v) is 4.07. The van der Waals surface area contributed by atoms with Crippen molar-refractivity contribution in [3.8, 4) is 0 Å². The highest BCUT2D eigenvalue weighted by Gasteiger charge is 2.42. The van der Waals surface area contributed by atoms with E-state index in [9.17, 15) is 0 Å². The smallest absolute Gasteiger partial charge is 0.00341 e. The van der Waals surface area contributed by atoms with Gasteiger partial charge in [-0.05, 0) is 68.0 Å². The lowest BCUT2D eigenvalue weighted by Gasteiger charge is -2.48. The summed E-state index contributed by atoms with van der Waals surface area (Å²) in [7, 11) is 0. The van der Waals surface area contributed by atoms with E-state index in [2.05, 4.69) is 20.8 Å². The van der Waals surface area contributed by atoms with Crippen molar-refractivity contribution in [1.82, 2.24) is 0 Å². The first kappa shape index (κ1) is 14.9. The van der Waals surface area contributed by atoms with E-state index in [0.717, 1.165) is 26.1 Å². The molecule has 1 aliphatic carbocycles. The molecule has 2 atom stereocenters. The normalized spacial score (nSPS) is 33.0. The highest BCUT2D eigenvalue weighted by atomic mass is 14.6. The van der Waals surface area contributed by atoms with Crippen molar-refractivity contribution in [3.63, 3.8) is 0 Å². The average molecular weight is 241 g/mol. The van der Waals surface area contributed by atoms with Gasteiger partial charge in [0.2, 0.25) is 0 Å². The summed E-state index contributed by atoms with van der Waals surface area (Å²) in [5.41, 5.74) is 18.3. The van der Waals surface area contributed by atoms with Gasteiger partial charge in [0.05, 0.1) is 0 Å². The van der Waals surface area contributed by atoms with Crippen LogP contribution in [0.25, 0.3) is 0 Å². The van der Waals surface area contributed by atoms with E-state index in [1.807, 2.05) is 0 Å². The first-order valence-corrected chi connectivity index (χ1v) is 6.96. The molecule has 3 heteroatoms. The molecule has 0 aliphatic heterocycles. The molecule has 102 valence electrons. The minimum Gasteiger partial charge on any atom is -0.330 e. The van der Waals surface area contributed by atoms with Gasteiger partial charge in [0.15, 0.2) is 0 Å². The molecule has 1 rings (SSSR count). The zero-order valence-electron chi connectivity index (χ0n) is 11.8. The Morgan fingerprint density at radius 1 is 1.06 bits per heavy atom. The second-order valence-electron chi connectivity index (χ2n) is 7.09. The Hall–Kier alpha value is -0.120. The Balaban J connectivity index is 2.80. The van der Waals surface area contributed by atoms with Crippen molar-refractivity contribution in [3.05, 3.63) is 0 Å². The maximum absolute atomic E-state index is 5.86. The van der Waals surface area contributed by atoms with Crippen LogP contribution in [0.2, 0.25) is 0 Å². The van der Waals surface area contributed by atoms with E-state index < -0.39 is 0 Å². The lowest BCUT2D eigenvalue weighted by molar-refractivity contribution is 0.0273. The van der Waals surface area contributed by atoms with Crippen molar-refractivity contribution < 1.29 is 0 Å². The van der Waals surface area contributed by atoms with Crippen LogP contribution in [0.15, 0.2) is 0 Å². The Bertz CT molecular complexity index is 236. The third-order valence-corrected chi connectivity index (χ3v) is 4.50. The van der Waals surface area contributed by atoms with Crippen LogP contribution in [0, 0.1) is 22.7 Å². The second kappa shape index (κ2) is 5.68. The van der Waals surface area contributed by atoms with Crippen molar-refractivity contribution in [2.45, 2.75) is 46.5 Å². The molecule has 0 aromatic carbocycles. The molecule has 1 aliphatic rings. The predicted molar refractivity (Wildman–Crippen MR) is 74.5 cm³/mol. The highest BCUT2D eigenvalue weighted by Crippen LogP contribution is 2.51. The van der Waals surface area contributed by atoms with Crippen LogP contribution in [-0.2, 0) is 0 Å². The van der Waals surface area contributed by atoms with Crippen molar-refractivity contribution in [1.29, 1.82) is 0 Å². The highest BCUT2D eigenvalue weighted by molar-refractivity contribution is 4.93. The molecule has 0 bridgehead atoms. The molecule has 3 nitrogen and oxygen atoms in total. The van der Waals surface area contributed by atoms with Gasteiger partial charge < -0.3 is 17.2 Å². The molecule has 0 spiro atoms.